The maximum atomic E-state index is 12.4. The summed E-state index contributed by atoms with van der Waals surface area (Å²) in [6.07, 6.45) is 3.18. The highest BCUT2D eigenvalue weighted by atomic mass is 35.5. The van der Waals surface area contributed by atoms with E-state index in [1.165, 1.54) is 19.2 Å². The molecule has 0 bridgehead atoms. The van der Waals surface area contributed by atoms with Gasteiger partial charge in [-0.2, -0.15) is 0 Å². The first kappa shape index (κ1) is 20.4. The zero-order valence-corrected chi connectivity index (χ0v) is 16.4. The maximum Gasteiger partial charge on any atom is 0.339 e. The largest absolute Gasteiger partial charge is 0.493 e. The maximum absolute atomic E-state index is 12.4. The van der Waals surface area contributed by atoms with Gasteiger partial charge in [-0.3, -0.25) is 4.79 Å². The van der Waals surface area contributed by atoms with E-state index < -0.39 is 12.1 Å². The molecule has 1 amide bonds. The molecule has 2 rings (SSSR count). The molecule has 1 aromatic rings. The SMILES string of the molecule is COc1cc(C(=O)O[C@@H](C)C(=O)NC2CCCC2)cc(Cl)c1OC(C)C. The summed E-state index contributed by atoms with van der Waals surface area (Å²) >= 11 is 6.22. The van der Waals surface area contributed by atoms with Crippen molar-refractivity contribution < 1.29 is 23.8 Å². The van der Waals surface area contributed by atoms with Crippen LogP contribution in [0.4, 0.5) is 0 Å². The fourth-order valence-electron chi connectivity index (χ4n) is 2.86. The van der Waals surface area contributed by atoms with Crippen LogP contribution >= 0.6 is 11.6 Å². The number of ether oxygens (including phenoxy) is 3. The molecule has 1 aromatic carbocycles. The summed E-state index contributed by atoms with van der Waals surface area (Å²) in [6.45, 7) is 5.28. The fourth-order valence-corrected chi connectivity index (χ4v) is 3.11. The van der Waals surface area contributed by atoms with Gasteiger partial charge in [-0.05, 0) is 45.7 Å². The summed E-state index contributed by atoms with van der Waals surface area (Å²) in [5.74, 6) is -0.229. The minimum atomic E-state index is -0.889. The van der Waals surface area contributed by atoms with Crippen molar-refractivity contribution >= 4 is 23.5 Å². The predicted molar refractivity (Wildman–Crippen MR) is 99.0 cm³/mol. The van der Waals surface area contributed by atoms with Gasteiger partial charge in [-0.25, -0.2) is 4.79 Å². The number of halogens is 1. The molecular weight excluding hydrogens is 358 g/mol. The van der Waals surface area contributed by atoms with E-state index in [9.17, 15) is 9.59 Å². The molecule has 26 heavy (non-hydrogen) atoms. The Bertz CT molecular complexity index is 656. The van der Waals surface area contributed by atoms with Crippen molar-refractivity contribution in [3.05, 3.63) is 22.7 Å². The van der Waals surface area contributed by atoms with Crippen LogP contribution in [0.5, 0.6) is 11.5 Å². The van der Waals surface area contributed by atoms with Gasteiger partial charge in [0.15, 0.2) is 17.6 Å². The molecule has 0 radical (unpaired) electrons. The Labute approximate surface area is 159 Å². The Morgan fingerprint density at radius 2 is 1.85 bits per heavy atom. The number of benzene rings is 1. The van der Waals surface area contributed by atoms with Crippen LogP contribution in [0.2, 0.25) is 5.02 Å². The lowest BCUT2D eigenvalue weighted by Gasteiger charge is -2.18. The van der Waals surface area contributed by atoms with Gasteiger partial charge < -0.3 is 19.5 Å². The van der Waals surface area contributed by atoms with Crippen LogP contribution in [-0.2, 0) is 9.53 Å². The van der Waals surface area contributed by atoms with E-state index in [2.05, 4.69) is 5.32 Å². The predicted octanol–water partition coefficient (Wildman–Crippen LogP) is 3.74. The van der Waals surface area contributed by atoms with Crippen LogP contribution in [0.15, 0.2) is 12.1 Å². The summed E-state index contributed by atoms with van der Waals surface area (Å²) in [6, 6.07) is 3.12. The molecule has 1 atom stereocenters. The van der Waals surface area contributed by atoms with Gasteiger partial charge in [-0.15, -0.1) is 0 Å². The first-order chi connectivity index (χ1) is 12.3. The molecule has 0 aliphatic heterocycles. The number of hydrogen-bond acceptors (Lipinski definition) is 5. The molecule has 1 saturated carbocycles. The summed E-state index contributed by atoms with van der Waals surface area (Å²) < 4.78 is 16.2. The Morgan fingerprint density at radius 1 is 1.19 bits per heavy atom. The molecule has 0 heterocycles. The third-order valence-corrected chi connectivity index (χ3v) is 4.45. The zero-order valence-electron chi connectivity index (χ0n) is 15.6. The second-order valence-corrected chi connectivity index (χ2v) is 7.10. The van der Waals surface area contributed by atoms with Crippen molar-refractivity contribution in [2.24, 2.45) is 0 Å². The van der Waals surface area contributed by atoms with Crippen LogP contribution < -0.4 is 14.8 Å². The van der Waals surface area contributed by atoms with Gasteiger partial charge in [0.05, 0.1) is 23.8 Å². The molecule has 1 aliphatic rings. The third-order valence-electron chi connectivity index (χ3n) is 4.17. The van der Waals surface area contributed by atoms with E-state index >= 15 is 0 Å². The van der Waals surface area contributed by atoms with Crippen LogP contribution in [0.25, 0.3) is 0 Å². The molecule has 0 spiro atoms. The topological polar surface area (TPSA) is 73.9 Å². The van der Waals surface area contributed by atoms with E-state index in [4.69, 9.17) is 25.8 Å². The van der Waals surface area contributed by atoms with Gasteiger partial charge in [0, 0.05) is 6.04 Å². The number of nitrogens with one attached hydrogen (secondary N) is 1. The highest BCUT2D eigenvalue weighted by Gasteiger charge is 2.25. The van der Waals surface area contributed by atoms with Crippen LogP contribution in [0.3, 0.4) is 0 Å². The minimum absolute atomic E-state index is 0.0986. The standard InChI is InChI=1S/C19H26ClNO5/c1-11(2)25-17-15(20)9-13(10-16(17)24-4)19(23)26-12(3)18(22)21-14-7-5-6-8-14/h9-12,14H,5-8H2,1-4H3,(H,21,22)/t12-/m0/s1. The average molecular weight is 384 g/mol. The van der Waals surface area contributed by atoms with Crippen molar-refractivity contribution in [2.45, 2.75) is 64.7 Å². The van der Waals surface area contributed by atoms with Crippen molar-refractivity contribution in [2.75, 3.05) is 7.11 Å². The van der Waals surface area contributed by atoms with E-state index in [-0.39, 0.29) is 28.6 Å². The van der Waals surface area contributed by atoms with Gasteiger partial charge in [0.2, 0.25) is 0 Å². The molecule has 1 fully saturated rings. The lowest BCUT2D eigenvalue weighted by Crippen LogP contribution is -2.40. The highest BCUT2D eigenvalue weighted by molar-refractivity contribution is 6.32. The molecule has 1 N–H and O–H groups in total. The highest BCUT2D eigenvalue weighted by Crippen LogP contribution is 2.37. The first-order valence-electron chi connectivity index (χ1n) is 8.87. The van der Waals surface area contributed by atoms with Crippen LogP contribution in [0.1, 0.15) is 56.8 Å². The number of carbonyl (C=O) groups excluding carboxylic acids is 2. The van der Waals surface area contributed by atoms with Crippen molar-refractivity contribution in [3.8, 4) is 11.5 Å². The number of esters is 1. The Hall–Kier alpha value is -1.95. The van der Waals surface area contributed by atoms with E-state index in [0.717, 1.165) is 25.7 Å². The lowest BCUT2D eigenvalue weighted by atomic mass is 10.2. The average Bonchev–Trinajstić information content (AvgIpc) is 3.08. The van der Waals surface area contributed by atoms with Crippen LogP contribution in [-0.4, -0.2) is 37.2 Å². The van der Waals surface area contributed by atoms with Gasteiger partial charge in [-0.1, -0.05) is 24.4 Å². The Morgan fingerprint density at radius 3 is 2.42 bits per heavy atom. The van der Waals surface area contributed by atoms with Crippen molar-refractivity contribution in [1.82, 2.24) is 5.32 Å². The minimum Gasteiger partial charge on any atom is -0.493 e. The van der Waals surface area contributed by atoms with E-state index in [0.29, 0.717) is 11.5 Å². The first-order valence-corrected chi connectivity index (χ1v) is 9.25. The quantitative estimate of drug-likeness (QED) is 0.726. The van der Waals surface area contributed by atoms with E-state index in [1.807, 2.05) is 13.8 Å². The van der Waals surface area contributed by atoms with Gasteiger partial charge in [0.25, 0.3) is 5.91 Å². The van der Waals surface area contributed by atoms with Crippen LogP contribution in [0, 0.1) is 0 Å². The third kappa shape index (κ3) is 5.27. The van der Waals surface area contributed by atoms with Crippen molar-refractivity contribution in [3.63, 3.8) is 0 Å². The number of hydrogen-bond donors (Lipinski definition) is 1. The van der Waals surface area contributed by atoms with Gasteiger partial charge in [0.1, 0.15) is 0 Å². The molecule has 6 nitrogen and oxygen atoms in total. The molecule has 1 aliphatic carbocycles. The Balaban J connectivity index is 2.06. The normalized spacial score (nSPS) is 15.6. The second kappa shape index (κ2) is 9.12. The van der Waals surface area contributed by atoms with E-state index in [1.54, 1.807) is 6.92 Å². The lowest BCUT2D eigenvalue weighted by molar-refractivity contribution is -0.129. The number of methoxy groups -OCH3 is 1. The molecule has 0 saturated heterocycles. The molecule has 0 aromatic heterocycles. The molecule has 7 heteroatoms. The number of amides is 1. The zero-order chi connectivity index (χ0) is 19.3. The number of rotatable bonds is 7. The Kier molecular flexibility index (Phi) is 7.14. The summed E-state index contributed by atoms with van der Waals surface area (Å²) in [7, 11) is 1.46. The number of carbonyl (C=O) groups is 2. The monoisotopic (exact) mass is 383 g/mol. The summed E-state index contributed by atoms with van der Waals surface area (Å²) in [5.41, 5.74) is 0.198. The van der Waals surface area contributed by atoms with Crippen molar-refractivity contribution in [1.29, 1.82) is 0 Å². The molecule has 0 unspecified atom stereocenters. The summed E-state index contributed by atoms with van der Waals surface area (Å²) in [4.78, 5) is 24.6. The summed E-state index contributed by atoms with van der Waals surface area (Å²) in [5, 5.41) is 3.16. The van der Waals surface area contributed by atoms with Gasteiger partial charge >= 0.3 is 5.97 Å². The second-order valence-electron chi connectivity index (χ2n) is 6.69. The smallest absolute Gasteiger partial charge is 0.339 e. The fraction of sp³-hybridized carbons (Fsp3) is 0.579. The molecule has 144 valence electrons. The molecular formula is C19H26ClNO5.